The molecule has 2 nitrogen and oxygen atoms in total. The van der Waals surface area contributed by atoms with Crippen LogP contribution in [0.25, 0.3) is 0 Å². The fourth-order valence-electron chi connectivity index (χ4n) is 0.562. The van der Waals surface area contributed by atoms with Gasteiger partial charge in [0.15, 0.2) is 5.78 Å². The molecule has 0 saturated heterocycles. The molecule has 1 aromatic heterocycles. The number of rotatable bonds is 1. The highest BCUT2D eigenvalue weighted by Crippen LogP contribution is 2.07. The quantitative estimate of drug-likeness (QED) is 0.577. The average Bonchev–Trinajstić information content (AvgIpc) is 1.88. The van der Waals surface area contributed by atoms with Crippen LogP contribution in [0.2, 0.25) is 5.02 Å². The van der Waals surface area contributed by atoms with Crippen LogP contribution in [0.1, 0.15) is 17.3 Å². The van der Waals surface area contributed by atoms with Crippen LogP contribution in [0, 0.1) is 6.20 Å². The molecule has 3 heteroatoms. The third kappa shape index (κ3) is 1.54. The van der Waals surface area contributed by atoms with Gasteiger partial charge >= 0.3 is 0 Å². The molecule has 0 atom stereocenters. The zero-order valence-corrected chi connectivity index (χ0v) is 6.14. The van der Waals surface area contributed by atoms with Crippen molar-refractivity contribution in [3.8, 4) is 0 Å². The van der Waals surface area contributed by atoms with Crippen molar-refractivity contribution in [3.63, 3.8) is 0 Å². The van der Waals surface area contributed by atoms with E-state index in [1.807, 2.05) is 0 Å². The number of hydrogen-bond acceptors (Lipinski definition) is 2. The highest BCUT2D eigenvalue weighted by molar-refractivity contribution is 6.30. The maximum atomic E-state index is 10.7. The van der Waals surface area contributed by atoms with Crippen molar-refractivity contribution < 1.29 is 4.79 Å². The summed E-state index contributed by atoms with van der Waals surface area (Å²) in [5.41, 5.74) is 0.517. The number of pyridine rings is 1. The Hall–Kier alpha value is -0.890. The predicted octanol–water partition coefficient (Wildman–Crippen LogP) is 1.74. The maximum Gasteiger partial charge on any atom is 0.161 e. The number of carbonyl (C=O) groups is 1. The summed E-state index contributed by atoms with van der Waals surface area (Å²) in [5.74, 6) is -0.0385. The minimum atomic E-state index is -0.0385. The van der Waals surface area contributed by atoms with Crippen LogP contribution >= 0.6 is 11.6 Å². The van der Waals surface area contributed by atoms with Crippen molar-refractivity contribution in [1.29, 1.82) is 0 Å². The Balaban J connectivity index is 3.07. The summed E-state index contributed by atoms with van der Waals surface area (Å²) < 4.78 is 0. The number of aromatic nitrogens is 1. The third-order valence-electron chi connectivity index (χ3n) is 1.06. The molecule has 1 rings (SSSR count). The minimum absolute atomic E-state index is 0.0385. The van der Waals surface area contributed by atoms with Crippen LogP contribution in [0.3, 0.4) is 0 Å². The Morgan fingerprint density at radius 3 is 2.90 bits per heavy atom. The molecule has 1 radical (unpaired) electrons. The van der Waals surface area contributed by atoms with Gasteiger partial charge in [-0.1, -0.05) is 11.6 Å². The monoisotopic (exact) mass is 154 g/mol. The first kappa shape index (κ1) is 7.22. The maximum absolute atomic E-state index is 10.7. The molecule has 0 saturated carbocycles. The van der Waals surface area contributed by atoms with Crippen LogP contribution in [0.5, 0.6) is 0 Å². The fraction of sp³-hybridized carbons (Fsp3) is 0.143. The van der Waals surface area contributed by atoms with Gasteiger partial charge in [0, 0.05) is 11.8 Å². The normalized spacial score (nSPS) is 9.40. The van der Waals surface area contributed by atoms with Crippen LogP contribution < -0.4 is 0 Å². The largest absolute Gasteiger partial charge is 0.294 e. The van der Waals surface area contributed by atoms with Gasteiger partial charge in [-0.05, 0) is 13.0 Å². The number of halogens is 1. The van der Waals surface area contributed by atoms with Gasteiger partial charge < -0.3 is 0 Å². The molecule has 0 aliphatic rings. The SMILES string of the molecule is CC(=O)c1cn[c]c(Cl)c1. The smallest absolute Gasteiger partial charge is 0.161 e. The minimum Gasteiger partial charge on any atom is -0.294 e. The molecule has 0 amide bonds. The van der Waals surface area contributed by atoms with Gasteiger partial charge in [-0.3, -0.25) is 9.78 Å². The molecule has 51 valence electrons. The number of carbonyl (C=O) groups excluding carboxylic acids is 1. The van der Waals surface area contributed by atoms with E-state index in [0.717, 1.165) is 0 Å². The Morgan fingerprint density at radius 1 is 1.80 bits per heavy atom. The van der Waals surface area contributed by atoms with Crippen molar-refractivity contribution in [1.82, 2.24) is 4.98 Å². The first-order valence-electron chi connectivity index (χ1n) is 2.74. The highest BCUT2D eigenvalue weighted by atomic mass is 35.5. The molecule has 0 bridgehead atoms. The number of nitrogens with zero attached hydrogens (tertiary/aromatic N) is 1. The van der Waals surface area contributed by atoms with Gasteiger partial charge in [0.05, 0.1) is 5.02 Å². The summed E-state index contributed by atoms with van der Waals surface area (Å²) in [7, 11) is 0. The Kier molecular flexibility index (Phi) is 2.02. The molecule has 10 heavy (non-hydrogen) atoms. The van der Waals surface area contributed by atoms with E-state index in [-0.39, 0.29) is 5.78 Å². The van der Waals surface area contributed by atoms with E-state index in [9.17, 15) is 4.79 Å². The topological polar surface area (TPSA) is 30.0 Å². The molecule has 1 aromatic rings. The van der Waals surface area contributed by atoms with E-state index in [4.69, 9.17) is 11.6 Å². The lowest BCUT2D eigenvalue weighted by Gasteiger charge is -1.91. The van der Waals surface area contributed by atoms with E-state index in [2.05, 4.69) is 11.2 Å². The predicted molar refractivity (Wildman–Crippen MR) is 38.1 cm³/mol. The van der Waals surface area contributed by atoms with Crippen molar-refractivity contribution in [2.75, 3.05) is 0 Å². The molecule has 0 aromatic carbocycles. The number of ketones is 1. The van der Waals surface area contributed by atoms with Crippen LogP contribution in [0.4, 0.5) is 0 Å². The molecule has 0 spiro atoms. The van der Waals surface area contributed by atoms with Gasteiger partial charge in [-0.15, -0.1) is 0 Å². The lowest BCUT2D eigenvalue weighted by atomic mass is 10.2. The molecular formula is C7H5ClNO. The lowest BCUT2D eigenvalue weighted by molar-refractivity contribution is 0.101. The summed E-state index contributed by atoms with van der Waals surface area (Å²) in [5, 5.41) is 0.368. The van der Waals surface area contributed by atoms with Crippen LogP contribution in [-0.2, 0) is 0 Å². The first-order chi connectivity index (χ1) is 4.70. The fourth-order valence-corrected chi connectivity index (χ4v) is 0.728. The zero-order valence-electron chi connectivity index (χ0n) is 5.39. The summed E-state index contributed by atoms with van der Waals surface area (Å²) in [6.07, 6.45) is 3.93. The molecule has 0 unspecified atom stereocenters. The first-order valence-corrected chi connectivity index (χ1v) is 3.12. The van der Waals surface area contributed by atoms with E-state index in [0.29, 0.717) is 10.6 Å². The van der Waals surface area contributed by atoms with Gasteiger partial charge in [-0.25, -0.2) is 0 Å². The van der Waals surface area contributed by atoms with Gasteiger partial charge in [0.1, 0.15) is 6.20 Å². The zero-order chi connectivity index (χ0) is 7.56. The Morgan fingerprint density at radius 2 is 2.50 bits per heavy atom. The van der Waals surface area contributed by atoms with E-state index in [1.54, 1.807) is 0 Å². The second-order valence-electron chi connectivity index (χ2n) is 1.87. The summed E-state index contributed by atoms with van der Waals surface area (Å²) in [4.78, 5) is 14.3. The van der Waals surface area contributed by atoms with Crippen LogP contribution in [0.15, 0.2) is 12.3 Å². The highest BCUT2D eigenvalue weighted by Gasteiger charge is 1.98. The molecule has 1 heterocycles. The second-order valence-corrected chi connectivity index (χ2v) is 2.28. The molecular weight excluding hydrogens is 150 g/mol. The molecule has 0 aliphatic heterocycles. The van der Waals surface area contributed by atoms with Gasteiger partial charge in [-0.2, -0.15) is 0 Å². The van der Waals surface area contributed by atoms with Crippen molar-refractivity contribution >= 4 is 17.4 Å². The van der Waals surface area contributed by atoms with Crippen molar-refractivity contribution in [2.24, 2.45) is 0 Å². The van der Waals surface area contributed by atoms with Crippen molar-refractivity contribution in [2.45, 2.75) is 6.92 Å². The van der Waals surface area contributed by atoms with Gasteiger partial charge in [0.25, 0.3) is 0 Å². The lowest BCUT2D eigenvalue weighted by Crippen LogP contribution is -1.91. The second kappa shape index (κ2) is 2.80. The summed E-state index contributed by atoms with van der Waals surface area (Å²) in [6, 6.07) is 1.54. The van der Waals surface area contributed by atoms with Gasteiger partial charge in [0.2, 0.25) is 0 Å². The van der Waals surface area contributed by atoms with E-state index < -0.39 is 0 Å². The number of hydrogen-bond donors (Lipinski definition) is 0. The Bertz CT molecular complexity index is 260. The standard InChI is InChI=1S/C7H5ClNO/c1-5(10)6-2-7(8)4-9-3-6/h2-3H,1H3. The molecule has 0 aliphatic carbocycles. The average molecular weight is 155 g/mol. The summed E-state index contributed by atoms with van der Waals surface area (Å²) in [6.45, 7) is 1.47. The van der Waals surface area contributed by atoms with E-state index >= 15 is 0 Å². The number of Topliss-reactive ketones (excluding diaryl/α,β-unsaturated/α-hetero) is 1. The van der Waals surface area contributed by atoms with Crippen molar-refractivity contribution in [3.05, 3.63) is 29.0 Å². The third-order valence-corrected chi connectivity index (χ3v) is 1.26. The molecule has 0 fully saturated rings. The Labute approximate surface area is 63.8 Å². The molecule has 0 N–H and O–H groups in total. The van der Waals surface area contributed by atoms with E-state index in [1.165, 1.54) is 19.2 Å². The van der Waals surface area contributed by atoms with Crippen LogP contribution in [-0.4, -0.2) is 10.8 Å². The summed E-state index contributed by atoms with van der Waals surface area (Å²) >= 11 is 5.52.